The lowest BCUT2D eigenvalue weighted by molar-refractivity contribution is -0.221. The molecule has 0 bridgehead atoms. The molecule has 8 heteroatoms. The summed E-state index contributed by atoms with van der Waals surface area (Å²) < 4.78 is 42.1. The molecular formula is C9H11F3N4O. The Labute approximate surface area is 95.4 Å². The third-order valence-electron chi connectivity index (χ3n) is 2.38. The predicted molar refractivity (Wildman–Crippen MR) is 54.5 cm³/mol. The second kappa shape index (κ2) is 4.36. The van der Waals surface area contributed by atoms with E-state index in [1.807, 2.05) is 0 Å². The molecule has 2 rings (SSSR count). The van der Waals surface area contributed by atoms with Crippen LogP contribution < -0.4 is 10.6 Å². The normalized spacial score (nSPS) is 21.6. The molecule has 0 aliphatic carbocycles. The zero-order valence-corrected chi connectivity index (χ0v) is 8.81. The van der Waals surface area contributed by atoms with Gasteiger partial charge in [0, 0.05) is 12.7 Å². The summed E-state index contributed by atoms with van der Waals surface area (Å²) in [6.07, 6.45) is -4.77. The number of nitrogens with two attached hydrogens (primary N) is 1. The van der Waals surface area contributed by atoms with Gasteiger partial charge in [0.15, 0.2) is 6.10 Å². The molecule has 0 amide bonds. The second-order valence-electron chi connectivity index (χ2n) is 3.63. The van der Waals surface area contributed by atoms with E-state index in [1.54, 1.807) is 0 Å². The quantitative estimate of drug-likeness (QED) is 0.797. The summed E-state index contributed by atoms with van der Waals surface area (Å²) in [5.41, 5.74) is 5.45. The van der Waals surface area contributed by atoms with Gasteiger partial charge in [-0.2, -0.15) is 18.2 Å². The van der Waals surface area contributed by atoms with Gasteiger partial charge in [-0.25, -0.2) is 4.98 Å². The molecule has 1 aliphatic heterocycles. The summed E-state index contributed by atoms with van der Waals surface area (Å²) >= 11 is 0. The van der Waals surface area contributed by atoms with Crippen LogP contribution in [-0.2, 0) is 4.74 Å². The Morgan fingerprint density at radius 2 is 2.24 bits per heavy atom. The first kappa shape index (κ1) is 11.9. The van der Waals surface area contributed by atoms with Gasteiger partial charge < -0.3 is 15.4 Å². The minimum atomic E-state index is -4.38. The van der Waals surface area contributed by atoms with Gasteiger partial charge in [0.25, 0.3) is 0 Å². The van der Waals surface area contributed by atoms with E-state index in [0.29, 0.717) is 6.54 Å². The molecule has 0 saturated carbocycles. The van der Waals surface area contributed by atoms with Crippen molar-refractivity contribution in [3.63, 3.8) is 0 Å². The third-order valence-corrected chi connectivity index (χ3v) is 2.38. The zero-order chi connectivity index (χ0) is 12.5. The Balaban J connectivity index is 2.12. The van der Waals surface area contributed by atoms with Gasteiger partial charge in [0.05, 0.1) is 13.2 Å². The maximum absolute atomic E-state index is 12.5. The molecule has 94 valence electrons. The summed E-state index contributed by atoms with van der Waals surface area (Å²) in [6.45, 7) is -0.00861. The van der Waals surface area contributed by atoms with Gasteiger partial charge in [0.1, 0.15) is 5.82 Å². The van der Waals surface area contributed by atoms with E-state index >= 15 is 0 Å². The SMILES string of the molecule is Nc1ccnc(N2CCO[C@H](C(F)(F)F)C2)n1. The number of anilines is 2. The predicted octanol–water partition coefficient (Wildman–Crippen LogP) is 0.826. The van der Waals surface area contributed by atoms with Crippen molar-refractivity contribution in [2.75, 3.05) is 30.3 Å². The van der Waals surface area contributed by atoms with E-state index in [9.17, 15) is 13.2 Å². The first-order chi connectivity index (χ1) is 7.97. The number of halogens is 3. The molecular weight excluding hydrogens is 237 g/mol. The summed E-state index contributed by atoms with van der Waals surface area (Å²) in [6, 6.07) is 1.48. The molecule has 0 spiro atoms. The third kappa shape index (κ3) is 2.76. The van der Waals surface area contributed by atoms with Crippen molar-refractivity contribution in [2.45, 2.75) is 12.3 Å². The number of nitrogens with zero attached hydrogens (tertiary/aromatic N) is 3. The van der Waals surface area contributed by atoms with Crippen LogP contribution >= 0.6 is 0 Å². The number of morpholine rings is 1. The topological polar surface area (TPSA) is 64.3 Å². The summed E-state index contributed by atoms with van der Waals surface area (Å²) in [7, 11) is 0. The molecule has 2 N–H and O–H groups in total. The number of nitrogen functional groups attached to an aromatic ring is 1. The van der Waals surface area contributed by atoms with Gasteiger partial charge in [0.2, 0.25) is 5.95 Å². The minimum Gasteiger partial charge on any atom is -0.384 e. The number of hydrogen-bond acceptors (Lipinski definition) is 5. The lowest BCUT2D eigenvalue weighted by Gasteiger charge is -2.33. The van der Waals surface area contributed by atoms with E-state index < -0.39 is 12.3 Å². The van der Waals surface area contributed by atoms with Crippen molar-refractivity contribution in [1.82, 2.24) is 9.97 Å². The lowest BCUT2D eigenvalue weighted by Crippen LogP contribution is -2.49. The van der Waals surface area contributed by atoms with Gasteiger partial charge in [-0.1, -0.05) is 0 Å². The van der Waals surface area contributed by atoms with Gasteiger partial charge in [-0.3, -0.25) is 0 Å². The van der Waals surface area contributed by atoms with Crippen LogP contribution in [0.2, 0.25) is 0 Å². The highest BCUT2D eigenvalue weighted by Crippen LogP contribution is 2.26. The fourth-order valence-electron chi connectivity index (χ4n) is 1.54. The van der Waals surface area contributed by atoms with Gasteiger partial charge >= 0.3 is 6.18 Å². The maximum Gasteiger partial charge on any atom is 0.416 e. The summed E-state index contributed by atoms with van der Waals surface area (Å²) in [5.74, 6) is 0.424. The second-order valence-corrected chi connectivity index (χ2v) is 3.63. The lowest BCUT2D eigenvalue weighted by atomic mass is 10.3. The molecule has 2 heterocycles. The standard InChI is InChI=1S/C9H11F3N4O/c10-9(11,12)6-5-16(3-4-17-6)8-14-2-1-7(13)15-8/h1-2,6H,3-5H2,(H2,13,14,15)/t6-/m0/s1. The number of alkyl halides is 3. The van der Waals surface area contributed by atoms with Crippen LogP contribution in [0.5, 0.6) is 0 Å². The van der Waals surface area contributed by atoms with Crippen molar-refractivity contribution in [3.8, 4) is 0 Å². The van der Waals surface area contributed by atoms with Crippen LogP contribution in [-0.4, -0.2) is 41.9 Å². The first-order valence-electron chi connectivity index (χ1n) is 4.98. The Morgan fingerprint density at radius 1 is 1.47 bits per heavy atom. The Morgan fingerprint density at radius 3 is 2.88 bits per heavy atom. The van der Waals surface area contributed by atoms with Crippen LogP contribution in [0.15, 0.2) is 12.3 Å². The highest BCUT2D eigenvalue weighted by Gasteiger charge is 2.43. The maximum atomic E-state index is 12.5. The molecule has 5 nitrogen and oxygen atoms in total. The molecule has 1 aliphatic rings. The van der Waals surface area contributed by atoms with Crippen LogP contribution in [0.3, 0.4) is 0 Å². The van der Waals surface area contributed by atoms with Gasteiger partial charge in [-0.05, 0) is 6.07 Å². The van der Waals surface area contributed by atoms with Crippen LogP contribution in [0.4, 0.5) is 24.9 Å². The highest BCUT2D eigenvalue weighted by molar-refractivity contribution is 5.38. The van der Waals surface area contributed by atoms with Crippen molar-refractivity contribution >= 4 is 11.8 Å². The van der Waals surface area contributed by atoms with Crippen molar-refractivity contribution in [3.05, 3.63) is 12.3 Å². The molecule has 0 aromatic carbocycles. The van der Waals surface area contributed by atoms with E-state index in [-0.39, 0.29) is 24.9 Å². The fraction of sp³-hybridized carbons (Fsp3) is 0.556. The smallest absolute Gasteiger partial charge is 0.384 e. The Bertz CT molecular complexity index is 398. The molecule has 1 atom stereocenters. The molecule has 1 fully saturated rings. The van der Waals surface area contributed by atoms with Crippen LogP contribution in [0, 0.1) is 0 Å². The van der Waals surface area contributed by atoms with E-state index in [4.69, 9.17) is 5.73 Å². The summed E-state index contributed by atoms with van der Waals surface area (Å²) in [5, 5.41) is 0. The number of ether oxygens (including phenoxy) is 1. The monoisotopic (exact) mass is 248 g/mol. The molecule has 1 aromatic rings. The molecule has 1 saturated heterocycles. The van der Waals surface area contributed by atoms with E-state index in [1.165, 1.54) is 17.2 Å². The Hall–Kier alpha value is -1.57. The number of hydrogen-bond donors (Lipinski definition) is 1. The van der Waals surface area contributed by atoms with E-state index in [2.05, 4.69) is 14.7 Å². The van der Waals surface area contributed by atoms with Crippen molar-refractivity contribution in [1.29, 1.82) is 0 Å². The van der Waals surface area contributed by atoms with Crippen molar-refractivity contribution in [2.24, 2.45) is 0 Å². The summed E-state index contributed by atoms with van der Waals surface area (Å²) in [4.78, 5) is 9.19. The minimum absolute atomic E-state index is 0.0116. The highest BCUT2D eigenvalue weighted by atomic mass is 19.4. The van der Waals surface area contributed by atoms with E-state index in [0.717, 1.165) is 0 Å². The molecule has 0 radical (unpaired) electrons. The fourth-order valence-corrected chi connectivity index (χ4v) is 1.54. The van der Waals surface area contributed by atoms with Gasteiger partial charge in [-0.15, -0.1) is 0 Å². The molecule has 1 aromatic heterocycles. The average Bonchev–Trinajstić information content (AvgIpc) is 2.28. The Kier molecular flexibility index (Phi) is 3.05. The molecule has 0 unspecified atom stereocenters. The van der Waals surface area contributed by atoms with Crippen molar-refractivity contribution < 1.29 is 17.9 Å². The van der Waals surface area contributed by atoms with Crippen LogP contribution in [0.1, 0.15) is 0 Å². The average molecular weight is 248 g/mol. The molecule has 17 heavy (non-hydrogen) atoms. The first-order valence-corrected chi connectivity index (χ1v) is 4.98. The number of rotatable bonds is 1. The zero-order valence-electron chi connectivity index (χ0n) is 8.81. The number of aromatic nitrogens is 2. The largest absolute Gasteiger partial charge is 0.416 e. The van der Waals surface area contributed by atoms with Crippen LogP contribution in [0.25, 0.3) is 0 Å².